The predicted octanol–water partition coefficient (Wildman–Crippen LogP) is 2.44. The molecular weight excluding hydrogens is 306 g/mol. The van der Waals surface area contributed by atoms with Crippen LogP contribution in [0.3, 0.4) is 0 Å². The zero-order valence-electron chi connectivity index (χ0n) is 13.3. The predicted molar refractivity (Wildman–Crippen MR) is 87.3 cm³/mol. The second kappa shape index (κ2) is 5.78. The molecule has 6 nitrogen and oxygen atoms in total. The lowest BCUT2D eigenvalue weighted by molar-refractivity contribution is 0.0689. The monoisotopic (exact) mass is 325 g/mol. The van der Waals surface area contributed by atoms with E-state index in [1.165, 1.54) is 30.0 Å². The summed E-state index contributed by atoms with van der Waals surface area (Å²) in [5.41, 5.74) is 0.896. The minimum Gasteiger partial charge on any atom is -0.476 e. The maximum Gasteiger partial charge on any atom is 0.356 e. The fourth-order valence-corrected chi connectivity index (χ4v) is 3.97. The number of nitrogens with zero attached hydrogens (tertiary/aromatic N) is 3. The van der Waals surface area contributed by atoms with Crippen molar-refractivity contribution < 1.29 is 14.7 Å². The molecule has 1 saturated carbocycles. The third-order valence-corrected chi connectivity index (χ3v) is 5.16. The van der Waals surface area contributed by atoms with Crippen molar-refractivity contribution in [3.8, 4) is 5.69 Å². The van der Waals surface area contributed by atoms with E-state index in [0.717, 1.165) is 13.1 Å². The summed E-state index contributed by atoms with van der Waals surface area (Å²) in [5, 5.41) is 13.4. The Balaban J connectivity index is 1.69. The van der Waals surface area contributed by atoms with Gasteiger partial charge in [0.15, 0.2) is 5.69 Å². The van der Waals surface area contributed by atoms with E-state index in [1.54, 1.807) is 0 Å². The van der Waals surface area contributed by atoms with Gasteiger partial charge in [-0.05, 0) is 36.8 Å². The average Bonchev–Trinajstić information content (AvgIpc) is 3.28. The normalized spacial score (nSPS) is 22.6. The fourth-order valence-electron chi connectivity index (χ4n) is 3.97. The van der Waals surface area contributed by atoms with Crippen molar-refractivity contribution in [2.24, 2.45) is 11.8 Å². The summed E-state index contributed by atoms with van der Waals surface area (Å²) in [7, 11) is 0. The van der Waals surface area contributed by atoms with E-state index in [0.29, 0.717) is 23.2 Å². The molecule has 1 amide bonds. The number of hydrogen-bond acceptors (Lipinski definition) is 3. The van der Waals surface area contributed by atoms with Crippen LogP contribution >= 0.6 is 0 Å². The van der Waals surface area contributed by atoms with Crippen molar-refractivity contribution in [1.82, 2.24) is 14.7 Å². The van der Waals surface area contributed by atoms with Gasteiger partial charge in [-0.1, -0.05) is 24.6 Å². The van der Waals surface area contributed by atoms with Crippen LogP contribution in [-0.2, 0) is 0 Å². The second-order valence-corrected chi connectivity index (χ2v) is 6.63. The van der Waals surface area contributed by atoms with Crippen LogP contribution in [-0.4, -0.2) is 44.8 Å². The number of para-hydroxylation sites is 1. The number of rotatable bonds is 3. The van der Waals surface area contributed by atoms with Crippen LogP contribution in [0.5, 0.6) is 0 Å². The van der Waals surface area contributed by atoms with Gasteiger partial charge < -0.3 is 10.0 Å². The topological polar surface area (TPSA) is 75.4 Å². The summed E-state index contributed by atoms with van der Waals surface area (Å²) >= 11 is 0. The summed E-state index contributed by atoms with van der Waals surface area (Å²) in [6, 6.07) is 10.6. The van der Waals surface area contributed by atoms with Crippen molar-refractivity contribution in [1.29, 1.82) is 0 Å². The van der Waals surface area contributed by atoms with Crippen LogP contribution in [0.25, 0.3) is 5.69 Å². The largest absolute Gasteiger partial charge is 0.476 e. The van der Waals surface area contributed by atoms with Crippen LogP contribution in [0.2, 0.25) is 0 Å². The smallest absolute Gasteiger partial charge is 0.356 e. The SMILES string of the molecule is O=C(O)c1cc(C(=O)N2C[C@H]3CCC[C@H]3C2)n(-c2ccccc2)n1. The number of aromatic carboxylic acids is 1. The first-order valence-electron chi connectivity index (χ1n) is 8.31. The molecule has 0 unspecified atom stereocenters. The van der Waals surface area contributed by atoms with E-state index in [9.17, 15) is 14.7 Å². The van der Waals surface area contributed by atoms with Gasteiger partial charge >= 0.3 is 5.97 Å². The minimum absolute atomic E-state index is 0.110. The molecule has 6 heteroatoms. The molecule has 0 bridgehead atoms. The Morgan fingerprint density at radius 3 is 2.38 bits per heavy atom. The number of amides is 1. The third kappa shape index (κ3) is 2.48. The van der Waals surface area contributed by atoms with E-state index >= 15 is 0 Å². The third-order valence-electron chi connectivity index (χ3n) is 5.16. The van der Waals surface area contributed by atoms with Crippen LogP contribution in [0.15, 0.2) is 36.4 Å². The fraction of sp³-hybridized carbons (Fsp3) is 0.389. The zero-order valence-corrected chi connectivity index (χ0v) is 13.3. The molecule has 1 saturated heterocycles. The Bertz CT molecular complexity index is 772. The molecule has 1 N–H and O–H groups in total. The lowest BCUT2D eigenvalue weighted by Gasteiger charge is -2.18. The molecule has 124 valence electrons. The maximum absolute atomic E-state index is 13.0. The Labute approximate surface area is 139 Å². The number of hydrogen-bond donors (Lipinski definition) is 1. The molecule has 1 aliphatic carbocycles. The van der Waals surface area contributed by atoms with E-state index in [-0.39, 0.29) is 11.6 Å². The van der Waals surface area contributed by atoms with E-state index in [4.69, 9.17) is 0 Å². The highest BCUT2D eigenvalue weighted by Crippen LogP contribution is 2.38. The van der Waals surface area contributed by atoms with Crippen molar-refractivity contribution in [2.45, 2.75) is 19.3 Å². The number of carbonyl (C=O) groups is 2. The lowest BCUT2D eigenvalue weighted by atomic mass is 10.0. The van der Waals surface area contributed by atoms with Crippen molar-refractivity contribution in [3.63, 3.8) is 0 Å². The molecule has 1 aromatic carbocycles. The van der Waals surface area contributed by atoms with E-state index < -0.39 is 5.97 Å². The summed E-state index contributed by atoms with van der Waals surface area (Å²) in [6.07, 6.45) is 3.63. The van der Waals surface area contributed by atoms with Gasteiger partial charge in [0.1, 0.15) is 5.69 Å². The molecular formula is C18H19N3O3. The van der Waals surface area contributed by atoms with Gasteiger partial charge in [-0.2, -0.15) is 5.10 Å². The quantitative estimate of drug-likeness (QED) is 0.940. The van der Waals surface area contributed by atoms with Crippen LogP contribution in [0.1, 0.15) is 40.2 Å². The number of carbonyl (C=O) groups excluding carboxylic acids is 1. The van der Waals surface area contributed by atoms with Gasteiger partial charge in [-0.15, -0.1) is 0 Å². The molecule has 1 aliphatic heterocycles. The second-order valence-electron chi connectivity index (χ2n) is 6.63. The van der Waals surface area contributed by atoms with E-state index in [2.05, 4.69) is 5.10 Å². The average molecular weight is 325 g/mol. The van der Waals surface area contributed by atoms with Gasteiger partial charge in [-0.25, -0.2) is 9.48 Å². The highest BCUT2D eigenvalue weighted by molar-refractivity contribution is 5.96. The Hall–Kier alpha value is -2.63. The highest BCUT2D eigenvalue weighted by Gasteiger charge is 2.39. The standard InChI is InChI=1S/C18H19N3O3/c22-17(20-10-12-5-4-6-13(12)11-20)16-9-15(18(23)24)19-21(16)14-7-2-1-3-8-14/h1-3,7-9,12-13H,4-6,10-11H2,(H,23,24)/t12-,13+. The van der Waals surface area contributed by atoms with Crippen LogP contribution in [0, 0.1) is 11.8 Å². The maximum atomic E-state index is 13.0. The van der Waals surface area contributed by atoms with Gasteiger partial charge in [0.2, 0.25) is 0 Å². The summed E-state index contributed by atoms with van der Waals surface area (Å²) in [6.45, 7) is 1.54. The number of carboxylic acids is 1. The number of aromatic nitrogens is 2. The van der Waals surface area contributed by atoms with Crippen molar-refractivity contribution in [3.05, 3.63) is 47.8 Å². The Morgan fingerprint density at radius 2 is 1.75 bits per heavy atom. The van der Waals surface area contributed by atoms with Crippen molar-refractivity contribution in [2.75, 3.05) is 13.1 Å². The van der Waals surface area contributed by atoms with Crippen LogP contribution in [0.4, 0.5) is 0 Å². The number of benzene rings is 1. The van der Waals surface area contributed by atoms with Crippen LogP contribution < -0.4 is 0 Å². The number of carboxylic acid groups (broad SMARTS) is 1. The van der Waals surface area contributed by atoms with Crippen molar-refractivity contribution >= 4 is 11.9 Å². The first-order chi connectivity index (χ1) is 11.6. The van der Waals surface area contributed by atoms with Gasteiger partial charge in [-0.3, -0.25) is 4.79 Å². The molecule has 2 atom stereocenters. The highest BCUT2D eigenvalue weighted by atomic mass is 16.4. The Morgan fingerprint density at radius 1 is 1.08 bits per heavy atom. The molecule has 2 fully saturated rings. The summed E-state index contributed by atoms with van der Waals surface area (Å²) in [5.74, 6) is -0.0627. The molecule has 1 aromatic heterocycles. The minimum atomic E-state index is -1.13. The molecule has 2 aliphatic rings. The molecule has 0 spiro atoms. The summed E-state index contributed by atoms with van der Waals surface area (Å²) < 4.78 is 1.44. The van der Waals surface area contributed by atoms with Gasteiger partial charge in [0, 0.05) is 19.2 Å². The Kier molecular flexibility index (Phi) is 3.59. The summed E-state index contributed by atoms with van der Waals surface area (Å²) in [4.78, 5) is 26.1. The number of fused-ring (bicyclic) bond motifs is 1. The molecule has 24 heavy (non-hydrogen) atoms. The first kappa shape index (κ1) is 14.9. The molecule has 0 radical (unpaired) electrons. The molecule has 4 rings (SSSR count). The zero-order chi connectivity index (χ0) is 16.7. The first-order valence-corrected chi connectivity index (χ1v) is 8.31. The van der Waals surface area contributed by atoms with Gasteiger partial charge in [0.05, 0.1) is 5.69 Å². The van der Waals surface area contributed by atoms with Gasteiger partial charge in [0.25, 0.3) is 5.91 Å². The molecule has 2 heterocycles. The van der Waals surface area contributed by atoms with E-state index in [1.807, 2.05) is 35.2 Å². The number of likely N-dealkylation sites (tertiary alicyclic amines) is 1. The lowest BCUT2D eigenvalue weighted by Crippen LogP contribution is -2.31. The molecule has 2 aromatic rings.